The van der Waals surface area contributed by atoms with Crippen LogP contribution in [0, 0.1) is 0 Å². The first-order chi connectivity index (χ1) is 9.10. The predicted octanol–water partition coefficient (Wildman–Crippen LogP) is 1.39. The molecule has 2 rings (SSSR count). The lowest BCUT2D eigenvalue weighted by Crippen LogP contribution is -2.48. The predicted molar refractivity (Wildman–Crippen MR) is 76.8 cm³/mol. The number of aromatic nitrogens is 1. The quantitative estimate of drug-likeness (QED) is 0.781. The van der Waals surface area contributed by atoms with E-state index in [1.807, 2.05) is 5.38 Å². The molecular formula is C13H21N3O2S. The first-order valence-electron chi connectivity index (χ1n) is 6.60. The van der Waals surface area contributed by atoms with E-state index in [0.717, 1.165) is 37.0 Å². The SMILES string of the molecule is COC(=O)Cc1csc(N2CCN(C(C)C)CC2)n1. The number of ether oxygens (including phenoxy) is 1. The Morgan fingerprint density at radius 2 is 2.11 bits per heavy atom. The van der Waals surface area contributed by atoms with E-state index in [2.05, 4.69) is 33.4 Å². The molecule has 1 aromatic heterocycles. The van der Waals surface area contributed by atoms with Gasteiger partial charge in [0.25, 0.3) is 0 Å². The average molecular weight is 283 g/mol. The lowest BCUT2D eigenvalue weighted by molar-refractivity contribution is -0.139. The van der Waals surface area contributed by atoms with Crippen LogP contribution in [0.4, 0.5) is 5.13 Å². The molecule has 0 N–H and O–H groups in total. The molecule has 0 unspecified atom stereocenters. The van der Waals surface area contributed by atoms with Crippen molar-refractivity contribution in [1.29, 1.82) is 0 Å². The molecule has 5 nitrogen and oxygen atoms in total. The number of thiazole rings is 1. The van der Waals surface area contributed by atoms with E-state index in [9.17, 15) is 4.79 Å². The van der Waals surface area contributed by atoms with E-state index >= 15 is 0 Å². The second-order valence-electron chi connectivity index (χ2n) is 4.99. The first kappa shape index (κ1) is 14.3. The standard InChI is InChI=1S/C13H21N3O2S/c1-10(2)15-4-6-16(7-5-15)13-14-11(9-19-13)8-12(17)18-3/h9-10H,4-8H2,1-3H3. The number of methoxy groups -OCH3 is 1. The molecule has 6 heteroatoms. The Bertz CT molecular complexity index is 425. The van der Waals surface area contributed by atoms with Crippen molar-refractivity contribution in [2.45, 2.75) is 26.3 Å². The summed E-state index contributed by atoms with van der Waals surface area (Å²) in [6, 6.07) is 0.605. The molecule has 0 amide bonds. The summed E-state index contributed by atoms with van der Waals surface area (Å²) in [4.78, 5) is 20.5. The van der Waals surface area contributed by atoms with Gasteiger partial charge in [-0.05, 0) is 13.8 Å². The van der Waals surface area contributed by atoms with E-state index in [1.165, 1.54) is 7.11 Å². The molecule has 106 valence electrons. The van der Waals surface area contributed by atoms with Crippen LogP contribution in [0.5, 0.6) is 0 Å². The van der Waals surface area contributed by atoms with Gasteiger partial charge in [0.05, 0.1) is 19.2 Å². The molecule has 0 aliphatic carbocycles. The maximum atomic E-state index is 11.2. The van der Waals surface area contributed by atoms with Gasteiger partial charge in [-0.15, -0.1) is 11.3 Å². The van der Waals surface area contributed by atoms with Crippen LogP contribution in [0.2, 0.25) is 0 Å². The number of anilines is 1. The van der Waals surface area contributed by atoms with Gasteiger partial charge in [0.1, 0.15) is 0 Å². The van der Waals surface area contributed by atoms with Gasteiger partial charge in [0.15, 0.2) is 5.13 Å². The van der Waals surface area contributed by atoms with Crippen LogP contribution >= 0.6 is 11.3 Å². The molecule has 1 aliphatic heterocycles. The van der Waals surface area contributed by atoms with Gasteiger partial charge in [-0.3, -0.25) is 9.69 Å². The fourth-order valence-electron chi connectivity index (χ4n) is 2.17. The third-order valence-corrected chi connectivity index (χ3v) is 4.36. The number of carbonyl (C=O) groups is 1. The Kier molecular flexibility index (Phi) is 4.76. The number of hydrogen-bond acceptors (Lipinski definition) is 6. The summed E-state index contributed by atoms with van der Waals surface area (Å²) in [5, 5.41) is 2.96. The molecule has 0 aromatic carbocycles. The topological polar surface area (TPSA) is 45.7 Å². The average Bonchev–Trinajstić information content (AvgIpc) is 2.87. The molecule has 1 fully saturated rings. The number of piperazine rings is 1. The highest BCUT2D eigenvalue weighted by Gasteiger charge is 2.21. The molecule has 1 aliphatic rings. The van der Waals surface area contributed by atoms with E-state index in [4.69, 9.17) is 0 Å². The molecule has 0 spiro atoms. The summed E-state index contributed by atoms with van der Waals surface area (Å²) in [7, 11) is 1.40. The van der Waals surface area contributed by atoms with Crippen molar-refractivity contribution in [1.82, 2.24) is 9.88 Å². The van der Waals surface area contributed by atoms with Gasteiger partial charge < -0.3 is 9.64 Å². The molecule has 1 aromatic rings. The Labute approximate surface area is 118 Å². The lowest BCUT2D eigenvalue weighted by Gasteiger charge is -2.36. The zero-order valence-electron chi connectivity index (χ0n) is 11.8. The summed E-state index contributed by atoms with van der Waals surface area (Å²) in [6.45, 7) is 8.61. The maximum absolute atomic E-state index is 11.2. The molecule has 1 saturated heterocycles. The number of hydrogen-bond donors (Lipinski definition) is 0. The normalized spacial score (nSPS) is 16.9. The zero-order valence-corrected chi connectivity index (χ0v) is 12.6. The van der Waals surface area contributed by atoms with Gasteiger partial charge in [-0.1, -0.05) is 0 Å². The summed E-state index contributed by atoms with van der Waals surface area (Å²) >= 11 is 1.61. The molecule has 0 saturated carbocycles. The monoisotopic (exact) mass is 283 g/mol. The van der Waals surface area contributed by atoms with Crippen LogP contribution in [-0.4, -0.2) is 55.2 Å². The number of carbonyl (C=O) groups excluding carboxylic acids is 1. The highest BCUT2D eigenvalue weighted by atomic mass is 32.1. The molecule has 0 radical (unpaired) electrons. The van der Waals surface area contributed by atoms with Crippen LogP contribution < -0.4 is 4.90 Å². The fraction of sp³-hybridized carbons (Fsp3) is 0.692. The second kappa shape index (κ2) is 6.34. The van der Waals surface area contributed by atoms with Gasteiger partial charge in [0.2, 0.25) is 0 Å². The van der Waals surface area contributed by atoms with Gasteiger partial charge in [-0.25, -0.2) is 4.98 Å². The fourth-order valence-corrected chi connectivity index (χ4v) is 3.05. The zero-order chi connectivity index (χ0) is 13.8. The number of rotatable bonds is 4. The van der Waals surface area contributed by atoms with Crippen LogP contribution in [0.25, 0.3) is 0 Å². The maximum Gasteiger partial charge on any atom is 0.311 e. The van der Waals surface area contributed by atoms with Crippen molar-refractivity contribution >= 4 is 22.4 Å². The molecule has 2 heterocycles. The lowest BCUT2D eigenvalue weighted by atomic mass is 10.2. The summed E-state index contributed by atoms with van der Waals surface area (Å²) in [6.07, 6.45) is 0.263. The van der Waals surface area contributed by atoms with Crippen LogP contribution in [0.3, 0.4) is 0 Å². The van der Waals surface area contributed by atoms with Crippen molar-refractivity contribution in [3.63, 3.8) is 0 Å². The van der Waals surface area contributed by atoms with Crippen molar-refractivity contribution in [2.24, 2.45) is 0 Å². The van der Waals surface area contributed by atoms with Crippen molar-refractivity contribution in [2.75, 3.05) is 38.2 Å². The number of nitrogens with zero attached hydrogens (tertiary/aromatic N) is 3. The summed E-state index contributed by atoms with van der Waals surface area (Å²) in [5.74, 6) is -0.235. The molecule has 19 heavy (non-hydrogen) atoms. The minimum Gasteiger partial charge on any atom is -0.469 e. The Balaban J connectivity index is 1.91. The largest absolute Gasteiger partial charge is 0.469 e. The van der Waals surface area contributed by atoms with Gasteiger partial charge in [-0.2, -0.15) is 0 Å². The highest BCUT2D eigenvalue weighted by Crippen LogP contribution is 2.22. The van der Waals surface area contributed by atoms with E-state index in [1.54, 1.807) is 11.3 Å². The third kappa shape index (κ3) is 3.67. The minimum absolute atomic E-state index is 0.235. The summed E-state index contributed by atoms with van der Waals surface area (Å²) in [5.41, 5.74) is 0.804. The van der Waals surface area contributed by atoms with Crippen molar-refractivity contribution in [3.8, 4) is 0 Å². The Hall–Kier alpha value is -1.14. The molecular weight excluding hydrogens is 262 g/mol. The minimum atomic E-state index is -0.235. The van der Waals surface area contributed by atoms with Gasteiger partial charge in [0, 0.05) is 37.6 Å². The van der Waals surface area contributed by atoms with E-state index in [-0.39, 0.29) is 12.4 Å². The third-order valence-electron chi connectivity index (χ3n) is 3.41. The van der Waals surface area contributed by atoms with E-state index < -0.39 is 0 Å². The Morgan fingerprint density at radius 3 is 2.68 bits per heavy atom. The smallest absolute Gasteiger partial charge is 0.311 e. The van der Waals surface area contributed by atoms with E-state index in [0.29, 0.717) is 6.04 Å². The second-order valence-corrected chi connectivity index (χ2v) is 5.83. The number of esters is 1. The summed E-state index contributed by atoms with van der Waals surface area (Å²) < 4.78 is 4.65. The van der Waals surface area contributed by atoms with Crippen LogP contribution in [0.1, 0.15) is 19.5 Å². The molecule has 0 bridgehead atoms. The van der Waals surface area contributed by atoms with Crippen LogP contribution in [0.15, 0.2) is 5.38 Å². The Morgan fingerprint density at radius 1 is 1.42 bits per heavy atom. The van der Waals surface area contributed by atoms with Gasteiger partial charge >= 0.3 is 5.97 Å². The van der Waals surface area contributed by atoms with Crippen molar-refractivity contribution < 1.29 is 9.53 Å². The van der Waals surface area contributed by atoms with Crippen molar-refractivity contribution in [3.05, 3.63) is 11.1 Å². The highest BCUT2D eigenvalue weighted by molar-refractivity contribution is 7.13. The first-order valence-corrected chi connectivity index (χ1v) is 7.48. The van der Waals surface area contributed by atoms with Crippen LogP contribution in [-0.2, 0) is 16.0 Å². The molecule has 0 atom stereocenters.